The Bertz CT molecular complexity index is 230. The van der Waals surface area contributed by atoms with Crippen molar-refractivity contribution in [2.45, 2.75) is 0 Å². The maximum Gasteiger partial charge on any atom is 2.00 e. The van der Waals surface area contributed by atoms with Gasteiger partial charge in [-0.1, -0.05) is 0 Å². The molecule has 0 rings (SSSR count). The Balaban J connectivity index is -0.0000000533. The molecule has 132 valence electrons. The fourth-order valence-corrected chi connectivity index (χ4v) is 0. The van der Waals surface area contributed by atoms with Crippen molar-refractivity contribution in [3.8, 4) is 0 Å². The predicted octanol–water partition coefficient (Wildman–Crippen LogP) is -13.2. The normalized spacial score (nSPS) is 8.76. The molecule has 16 nitrogen and oxygen atoms in total. The van der Waals surface area contributed by atoms with E-state index < -0.39 is 20.5 Å². The molecule has 0 atom stereocenters. The molecule has 0 unspecified atom stereocenters. The van der Waals surface area contributed by atoms with E-state index >= 15 is 0 Å². The molecule has 0 bridgehead atoms. The van der Waals surface area contributed by atoms with E-state index in [1.807, 2.05) is 0 Å². The van der Waals surface area contributed by atoms with Crippen molar-refractivity contribution < 1.29 is 74.2 Å². The van der Waals surface area contributed by atoms with Crippen LogP contribution >= 0.6 is 0 Å². The Labute approximate surface area is 131 Å². The average molecular weight is 406 g/mol. The number of nitrogens with zero attached hydrogens (tertiary/aromatic N) is 2. The standard InChI is InChI=1S/2CH6N4.2ClHO4.Ni/c2*2-1(3)5-4;2*2-1(3,4)5;/h2*4H2,(H4,2,3,5);2*(H,2,3,4,5);/q;;;;+2/p-2. The third-order valence-electron chi connectivity index (χ3n) is 0.298. The maximum atomic E-state index is 8.49. The number of hydrogen-bond donors (Lipinski definition) is 6. The minimum Gasteiger partial charge on any atom is -0.369 e. The largest absolute Gasteiger partial charge is 2.00 e. The van der Waals surface area contributed by atoms with E-state index in [-0.39, 0.29) is 28.4 Å². The fourth-order valence-electron chi connectivity index (χ4n) is 0. The third kappa shape index (κ3) is 644. The van der Waals surface area contributed by atoms with Crippen LogP contribution in [0.15, 0.2) is 10.2 Å². The molecular weight excluding hydrogens is 394 g/mol. The van der Waals surface area contributed by atoms with Crippen molar-refractivity contribution in [3.05, 3.63) is 0 Å². The van der Waals surface area contributed by atoms with Crippen LogP contribution < -0.4 is 71.9 Å². The average Bonchev–Trinajstić information content (AvgIpc) is 2.13. The van der Waals surface area contributed by atoms with Crippen LogP contribution in [0.5, 0.6) is 0 Å². The zero-order chi connectivity index (χ0) is 17.6. The van der Waals surface area contributed by atoms with Crippen LogP contribution in [0.2, 0.25) is 0 Å². The zero-order valence-electron chi connectivity index (χ0n) is 9.70. The Morgan fingerprint density at radius 1 is 0.571 bits per heavy atom. The number of guanidine groups is 2. The summed E-state index contributed by atoms with van der Waals surface area (Å²) in [6, 6.07) is 0. The molecule has 0 radical (unpaired) electrons. The van der Waals surface area contributed by atoms with Crippen LogP contribution in [-0.4, -0.2) is 11.9 Å². The Morgan fingerprint density at radius 2 is 0.619 bits per heavy atom. The number of rotatable bonds is 0. The third-order valence-corrected chi connectivity index (χ3v) is 0.298. The molecule has 0 saturated carbocycles. The van der Waals surface area contributed by atoms with E-state index in [0.29, 0.717) is 0 Å². The van der Waals surface area contributed by atoms with Gasteiger partial charge in [-0.15, -0.1) is 30.7 Å². The Morgan fingerprint density at radius 3 is 0.619 bits per heavy atom. The smallest absolute Gasteiger partial charge is 0.369 e. The summed E-state index contributed by atoms with van der Waals surface area (Å²) in [4.78, 5) is 0. The SMILES string of the molecule is NN=C(N)N.NN=C(N)N.[Ni+2].[O-][Cl+3]([O-])([O-])[O-].[O-][Cl+3]([O-])([O-])[O-]. The number of hydrazone groups is 2. The number of hydrogen-bond acceptors (Lipinski definition) is 12. The monoisotopic (exact) mass is 404 g/mol. The van der Waals surface area contributed by atoms with Crippen LogP contribution in [0.1, 0.15) is 0 Å². The first-order valence-corrected chi connectivity index (χ1v) is 5.82. The van der Waals surface area contributed by atoms with E-state index in [0.717, 1.165) is 0 Å². The zero-order valence-corrected chi connectivity index (χ0v) is 12.2. The van der Waals surface area contributed by atoms with Crippen LogP contribution in [0.4, 0.5) is 0 Å². The second-order valence-electron chi connectivity index (χ2n) is 1.86. The molecule has 0 aromatic rings. The molecule has 19 heteroatoms. The van der Waals surface area contributed by atoms with E-state index in [9.17, 15) is 0 Å². The molecular formula is C2H12Cl2N8NiO8. The summed E-state index contributed by atoms with van der Waals surface area (Å²) in [6.45, 7) is 0. The van der Waals surface area contributed by atoms with Gasteiger partial charge in [0.05, 0.1) is 0 Å². The molecule has 0 heterocycles. The predicted molar refractivity (Wildman–Crippen MR) is 40.0 cm³/mol. The molecule has 0 aliphatic rings. The molecule has 0 saturated heterocycles. The summed E-state index contributed by atoms with van der Waals surface area (Å²) in [5.74, 6) is 8.83. The molecule has 0 spiro atoms. The van der Waals surface area contributed by atoms with Gasteiger partial charge in [0.15, 0.2) is 0 Å². The molecule has 21 heavy (non-hydrogen) atoms. The van der Waals surface area contributed by atoms with Gasteiger partial charge in [0.1, 0.15) is 0 Å². The van der Waals surface area contributed by atoms with Gasteiger partial charge < -0.3 is 34.6 Å². The van der Waals surface area contributed by atoms with Gasteiger partial charge in [0.2, 0.25) is 11.9 Å². The van der Waals surface area contributed by atoms with Crippen molar-refractivity contribution in [1.29, 1.82) is 0 Å². The van der Waals surface area contributed by atoms with Crippen LogP contribution in [-0.2, 0) is 16.5 Å². The van der Waals surface area contributed by atoms with Crippen LogP contribution in [0.3, 0.4) is 0 Å². The Hall–Kier alpha value is -1.11. The van der Waals surface area contributed by atoms with Gasteiger partial charge in [-0.05, 0) is 0 Å². The first-order chi connectivity index (χ1) is 8.54. The molecule has 0 aliphatic heterocycles. The molecule has 12 N–H and O–H groups in total. The molecule has 0 aromatic heterocycles. The van der Waals surface area contributed by atoms with E-state index in [1.165, 1.54) is 0 Å². The summed E-state index contributed by atoms with van der Waals surface area (Å²) in [7, 11) is -9.89. The summed E-state index contributed by atoms with van der Waals surface area (Å²) in [5.41, 5.74) is 18.8. The number of nitrogens with two attached hydrogens (primary N) is 6. The van der Waals surface area contributed by atoms with Crippen molar-refractivity contribution in [1.82, 2.24) is 0 Å². The first kappa shape index (κ1) is 32.0. The summed E-state index contributed by atoms with van der Waals surface area (Å²) in [5, 5.41) is 5.72. The topological polar surface area (TPSA) is 365 Å². The van der Waals surface area contributed by atoms with Gasteiger partial charge in [0.25, 0.3) is 0 Å². The van der Waals surface area contributed by atoms with E-state index in [2.05, 4.69) is 21.9 Å². The second-order valence-corrected chi connectivity index (χ2v) is 3.38. The van der Waals surface area contributed by atoms with Crippen molar-refractivity contribution >= 4 is 11.9 Å². The minimum absolute atomic E-state index is 0. The summed E-state index contributed by atoms with van der Waals surface area (Å²) in [6.07, 6.45) is 0. The van der Waals surface area contributed by atoms with Crippen LogP contribution in [0, 0.1) is 20.5 Å². The van der Waals surface area contributed by atoms with Crippen molar-refractivity contribution in [3.63, 3.8) is 0 Å². The maximum absolute atomic E-state index is 8.49. The van der Waals surface area contributed by atoms with Crippen LogP contribution in [0.25, 0.3) is 0 Å². The van der Waals surface area contributed by atoms with Crippen molar-refractivity contribution in [2.75, 3.05) is 0 Å². The van der Waals surface area contributed by atoms with Crippen molar-refractivity contribution in [2.24, 2.45) is 44.8 Å². The van der Waals surface area contributed by atoms with E-state index in [4.69, 9.17) is 60.2 Å². The summed E-state index contributed by atoms with van der Waals surface area (Å²) < 4.78 is 67.9. The molecule has 0 aliphatic carbocycles. The molecule has 0 aromatic carbocycles. The molecule has 0 fully saturated rings. The van der Waals surface area contributed by atoms with Gasteiger partial charge >= 0.3 is 16.5 Å². The fraction of sp³-hybridized carbons (Fsp3) is 0. The number of halogens is 2. The first-order valence-electron chi connectivity index (χ1n) is 3.35. The molecule has 0 amide bonds. The van der Waals surface area contributed by atoms with Gasteiger partial charge in [-0.3, -0.25) is 0 Å². The van der Waals surface area contributed by atoms with E-state index in [1.54, 1.807) is 0 Å². The summed E-state index contributed by atoms with van der Waals surface area (Å²) >= 11 is 0. The van der Waals surface area contributed by atoms with Gasteiger partial charge in [0, 0.05) is 0 Å². The minimum atomic E-state index is -4.94. The van der Waals surface area contributed by atoms with Gasteiger partial charge in [-0.25, -0.2) is 37.3 Å². The Kier molecular flexibility index (Phi) is 25.8. The second kappa shape index (κ2) is 16.9. The quantitative estimate of drug-likeness (QED) is 0.0715. The van der Waals surface area contributed by atoms with Gasteiger partial charge in [-0.2, -0.15) is 0 Å².